The van der Waals surface area contributed by atoms with Crippen molar-refractivity contribution >= 4 is 17.7 Å². The van der Waals surface area contributed by atoms with Gasteiger partial charge in [-0.3, -0.25) is 14.4 Å². The fourth-order valence-corrected chi connectivity index (χ4v) is 1.74. The molecule has 1 aromatic carbocycles. The van der Waals surface area contributed by atoms with E-state index < -0.39 is 23.6 Å². The Morgan fingerprint density at radius 3 is 2.25 bits per heavy atom. The van der Waals surface area contributed by atoms with Crippen LogP contribution >= 0.6 is 0 Å². The maximum absolute atomic E-state index is 12.3. The first-order valence-electron chi connectivity index (χ1n) is 6.43. The minimum absolute atomic E-state index is 0.0609. The zero-order chi connectivity index (χ0) is 15.1. The van der Waals surface area contributed by atoms with Crippen molar-refractivity contribution in [2.75, 3.05) is 0 Å². The van der Waals surface area contributed by atoms with Gasteiger partial charge < -0.3 is 9.84 Å². The lowest BCUT2D eigenvalue weighted by Gasteiger charge is -2.16. The van der Waals surface area contributed by atoms with E-state index in [4.69, 9.17) is 9.84 Å². The van der Waals surface area contributed by atoms with Crippen LogP contribution in [0.15, 0.2) is 30.3 Å². The lowest BCUT2D eigenvalue weighted by molar-refractivity contribution is -0.151. The molecule has 1 N–H and O–H groups in total. The van der Waals surface area contributed by atoms with Gasteiger partial charge in [0.2, 0.25) is 0 Å². The number of ether oxygens (including phenoxy) is 1. The lowest BCUT2D eigenvalue weighted by Crippen LogP contribution is -2.29. The lowest BCUT2D eigenvalue weighted by atomic mass is 9.93. The van der Waals surface area contributed by atoms with Crippen molar-refractivity contribution in [3.05, 3.63) is 35.9 Å². The molecule has 0 amide bonds. The molecule has 0 spiro atoms. The molecule has 0 heterocycles. The molecule has 0 saturated heterocycles. The van der Waals surface area contributed by atoms with Crippen molar-refractivity contribution in [2.24, 2.45) is 5.92 Å². The molecular weight excluding hydrogens is 260 g/mol. The number of rotatable bonds is 7. The summed E-state index contributed by atoms with van der Waals surface area (Å²) in [4.78, 5) is 34.9. The molecule has 0 bridgehead atoms. The quantitative estimate of drug-likeness (QED) is 0.470. The molecule has 1 aromatic rings. The Labute approximate surface area is 117 Å². The zero-order valence-electron chi connectivity index (χ0n) is 11.5. The largest absolute Gasteiger partial charge is 0.481 e. The normalized spacial score (nSPS) is 11.9. The SMILES string of the molecule is CC(C)OC(=O)C(CCC(=O)O)C(=O)c1ccccc1. The molecule has 0 aliphatic heterocycles. The molecule has 0 fully saturated rings. The average molecular weight is 278 g/mol. The van der Waals surface area contributed by atoms with E-state index in [9.17, 15) is 14.4 Å². The van der Waals surface area contributed by atoms with Gasteiger partial charge in [0.1, 0.15) is 5.92 Å². The van der Waals surface area contributed by atoms with Gasteiger partial charge in [-0.15, -0.1) is 0 Å². The van der Waals surface area contributed by atoms with Crippen molar-refractivity contribution in [1.29, 1.82) is 0 Å². The number of Topliss-reactive ketones (excluding diaryl/α,β-unsaturated/α-hetero) is 1. The van der Waals surface area contributed by atoms with Crippen LogP contribution in [-0.2, 0) is 14.3 Å². The molecule has 0 aliphatic rings. The molecule has 0 aliphatic carbocycles. The molecule has 1 atom stereocenters. The molecular formula is C15H18O5. The van der Waals surface area contributed by atoms with Crippen LogP contribution in [0, 0.1) is 5.92 Å². The van der Waals surface area contributed by atoms with Crippen LogP contribution in [0.4, 0.5) is 0 Å². The molecule has 1 unspecified atom stereocenters. The van der Waals surface area contributed by atoms with Crippen LogP contribution in [0.3, 0.4) is 0 Å². The van der Waals surface area contributed by atoms with Gasteiger partial charge in [-0.1, -0.05) is 30.3 Å². The van der Waals surface area contributed by atoms with Crippen LogP contribution in [0.5, 0.6) is 0 Å². The Hall–Kier alpha value is -2.17. The minimum Gasteiger partial charge on any atom is -0.481 e. The van der Waals surface area contributed by atoms with Gasteiger partial charge in [-0.2, -0.15) is 0 Å². The molecule has 1 rings (SSSR count). The first kappa shape index (κ1) is 15.9. The first-order valence-corrected chi connectivity index (χ1v) is 6.43. The van der Waals surface area contributed by atoms with Gasteiger partial charge in [-0.05, 0) is 20.3 Å². The van der Waals surface area contributed by atoms with E-state index in [1.165, 1.54) is 0 Å². The van der Waals surface area contributed by atoms with Gasteiger partial charge in [0.05, 0.1) is 6.10 Å². The van der Waals surface area contributed by atoms with Gasteiger partial charge in [0, 0.05) is 12.0 Å². The van der Waals surface area contributed by atoms with Crippen molar-refractivity contribution < 1.29 is 24.2 Å². The smallest absolute Gasteiger partial charge is 0.317 e. The number of benzene rings is 1. The average Bonchev–Trinajstić information content (AvgIpc) is 2.38. The summed E-state index contributed by atoms with van der Waals surface area (Å²) >= 11 is 0. The van der Waals surface area contributed by atoms with E-state index in [1.807, 2.05) is 0 Å². The third-order valence-corrected chi connectivity index (χ3v) is 2.66. The molecule has 20 heavy (non-hydrogen) atoms. The second-order valence-corrected chi connectivity index (χ2v) is 4.70. The van der Waals surface area contributed by atoms with E-state index in [-0.39, 0.29) is 18.9 Å². The van der Waals surface area contributed by atoms with E-state index >= 15 is 0 Å². The number of esters is 1. The van der Waals surface area contributed by atoms with Crippen LogP contribution in [0.25, 0.3) is 0 Å². The number of aliphatic carboxylic acids is 1. The maximum atomic E-state index is 12.3. The number of carboxylic acids is 1. The Morgan fingerprint density at radius 1 is 1.15 bits per heavy atom. The van der Waals surface area contributed by atoms with Crippen LogP contribution < -0.4 is 0 Å². The van der Waals surface area contributed by atoms with Gasteiger partial charge >= 0.3 is 11.9 Å². The highest BCUT2D eigenvalue weighted by Crippen LogP contribution is 2.17. The van der Waals surface area contributed by atoms with E-state index in [1.54, 1.807) is 44.2 Å². The standard InChI is InChI=1S/C15H18O5/c1-10(2)20-15(19)12(8-9-13(16)17)14(18)11-6-4-3-5-7-11/h3-7,10,12H,8-9H2,1-2H3,(H,16,17). The topological polar surface area (TPSA) is 80.7 Å². The third kappa shape index (κ3) is 4.84. The van der Waals surface area contributed by atoms with Crippen LogP contribution in [0.1, 0.15) is 37.0 Å². The summed E-state index contributed by atoms with van der Waals surface area (Å²) in [6.07, 6.45) is -0.663. The zero-order valence-corrected chi connectivity index (χ0v) is 11.5. The predicted octanol–water partition coefficient (Wildman–Crippen LogP) is 2.30. The molecule has 5 heteroatoms. The third-order valence-electron chi connectivity index (χ3n) is 2.66. The molecule has 5 nitrogen and oxygen atoms in total. The van der Waals surface area contributed by atoms with E-state index in [0.717, 1.165) is 0 Å². The highest BCUT2D eigenvalue weighted by molar-refractivity contribution is 6.08. The van der Waals surface area contributed by atoms with Crippen molar-refractivity contribution in [1.82, 2.24) is 0 Å². The molecule has 0 aromatic heterocycles. The summed E-state index contributed by atoms with van der Waals surface area (Å²) in [5, 5.41) is 8.71. The second kappa shape index (κ2) is 7.43. The number of carbonyl (C=O) groups is 3. The fourth-order valence-electron chi connectivity index (χ4n) is 1.74. The summed E-state index contributed by atoms with van der Waals surface area (Å²) in [5.74, 6) is -3.20. The summed E-state index contributed by atoms with van der Waals surface area (Å²) in [7, 11) is 0. The van der Waals surface area contributed by atoms with E-state index in [0.29, 0.717) is 5.56 Å². The number of ketones is 1. The summed E-state index contributed by atoms with van der Waals surface area (Å²) in [6, 6.07) is 8.33. The molecule has 108 valence electrons. The number of hydrogen-bond acceptors (Lipinski definition) is 4. The number of carbonyl (C=O) groups excluding carboxylic acids is 2. The van der Waals surface area contributed by atoms with Gasteiger partial charge in [0.15, 0.2) is 5.78 Å². The number of carboxylic acid groups (broad SMARTS) is 1. The van der Waals surface area contributed by atoms with Gasteiger partial charge in [0.25, 0.3) is 0 Å². The number of hydrogen-bond donors (Lipinski definition) is 1. The summed E-state index contributed by atoms with van der Waals surface area (Å²) < 4.78 is 5.03. The van der Waals surface area contributed by atoms with Crippen molar-refractivity contribution in [3.8, 4) is 0 Å². The molecule has 0 saturated carbocycles. The summed E-state index contributed by atoms with van der Waals surface area (Å²) in [6.45, 7) is 3.36. The minimum atomic E-state index is -1.07. The Morgan fingerprint density at radius 2 is 1.75 bits per heavy atom. The monoisotopic (exact) mass is 278 g/mol. The van der Waals surface area contributed by atoms with Gasteiger partial charge in [-0.25, -0.2) is 0 Å². The predicted molar refractivity (Wildman–Crippen MR) is 72.4 cm³/mol. The van der Waals surface area contributed by atoms with E-state index in [2.05, 4.69) is 0 Å². The van der Waals surface area contributed by atoms with Crippen LogP contribution in [0.2, 0.25) is 0 Å². The summed E-state index contributed by atoms with van der Waals surface area (Å²) in [5.41, 5.74) is 0.378. The highest BCUT2D eigenvalue weighted by atomic mass is 16.5. The Bertz CT molecular complexity index is 478. The maximum Gasteiger partial charge on any atom is 0.317 e. The molecule has 0 radical (unpaired) electrons. The first-order chi connectivity index (χ1) is 9.41. The highest BCUT2D eigenvalue weighted by Gasteiger charge is 2.30. The second-order valence-electron chi connectivity index (χ2n) is 4.70. The Kier molecular flexibility index (Phi) is 5.90. The van der Waals surface area contributed by atoms with Crippen molar-refractivity contribution in [2.45, 2.75) is 32.8 Å². The fraction of sp³-hybridized carbons (Fsp3) is 0.400. The Balaban J connectivity index is 2.89. The van der Waals surface area contributed by atoms with Crippen molar-refractivity contribution in [3.63, 3.8) is 0 Å². The van der Waals surface area contributed by atoms with Crippen LogP contribution in [-0.4, -0.2) is 28.9 Å².